The minimum Gasteiger partial charge on any atom is -0.370 e. The van der Waals surface area contributed by atoms with Crippen LogP contribution in [-0.4, -0.2) is 62.8 Å². The van der Waals surface area contributed by atoms with E-state index in [0.717, 1.165) is 37.6 Å². The topological polar surface area (TPSA) is 84.7 Å². The lowest BCUT2D eigenvalue weighted by Crippen LogP contribution is -2.35. The fraction of sp³-hybridized carbons (Fsp3) is 0.391. The Kier molecular flexibility index (Phi) is 6.44. The predicted molar refractivity (Wildman–Crippen MR) is 118 cm³/mol. The number of carbonyl (C=O) groups is 1. The molecule has 0 saturated carbocycles. The lowest BCUT2D eigenvalue weighted by molar-refractivity contribution is 0.0766. The van der Waals surface area contributed by atoms with E-state index < -0.39 is 20.7 Å². The van der Waals surface area contributed by atoms with Crippen LogP contribution in [0.3, 0.4) is 0 Å². The van der Waals surface area contributed by atoms with E-state index in [1.807, 2.05) is 12.1 Å². The van der Waals surface area contributed by atoms with Crippen molar-refractivity contribution >= 4 is 21.6 Å². The summed E-state index contributed by atoms with van der Waals surface area (Å²) < 4.78 is 41.4. The van der Waals surface area contributed by atoms with E-state index in [-0.39, 0.29) is 11.5 Å². The Bertz CT molecular complexity index is 1140. The highest BCUT2D eigenvalue weighted by Crippen LogP contribution is 2.25. The van der Waals surface area contributed by atoms with Crippen LogP contribution in [0.1, 0.15) is 35.2 Å². The molecule has 7 nitrogen and oxygen atoms in total. The van der Waals surface area contributed by atoms with Crippen LogP contribution in [-0.2, 0) is 10.0 Å². The molecule has 168 valence electrons. The van der Waals surface area contributed by atoms with Gasteiger partial charge in [0.05, 0.1) is 11.6 Å². The smallest absolute Gasteiger partial charge is 0.253 e. The quantitative estimate of drug-likeness (QED) is 0.706. The van der Waals surface area contributed by atoms with Crippen molar-refractivity contribution in [2.24, 2.45) is 0 Å². The molecule has 2 saturated heterocycles. The zero-order valence-corrected chi connectivity index (χ0v) is 18.5. The van der Waals surface area contributed by atoms with Crippen LogP contribution in [0.5, 0.6) is 0 Å². The summed E-state index contributed by atoms with van der Waals surface area (Å²) in [7, 11) is -3.96. The second-order valence-electron chi connectivity index (χ2n) is 8.05. The summed E-state index contributed by atoms with van der Waals surface area (Å²) in [6, 6.07) is 13.0. The molecule has 2 aromatic carbocycles. The maximum atomic E-state index is 14.4. The van der Waals surface area contributed by atoms with Gasteiger partial charge in [0.1, 0.15) is 10.7 Å². The largest absolute Gasteiger partial charge is 0.370 e. The zero-order chi connectivity index (χ0) is 22.7. The van der Waals surface area contributed by atoms with E-state index >= 15 is 0 Å². The Balaban J connectivity index is 1.50. The van der Waals surface area contributed by atoms with Gasteiger partial charge in [-0.25, -0.2) is 12.8 Å². The summed E-state index contributed by atoms with van der Waals surface area (Å²) in [4.78, 5) is 16.5. The summed E-state index contributed by atoms with van der Waals surface area (Å²) >= 11 is 0. The number of amides is 1. The van der Waals surface area contributed by atoms with Crippen LogP contribution in [0, 0.1) is 17.1 Å². The Morgan fingerprint density at radius 3 is 2.31 bits per heavy atom. The van der Waals surface area contributed by atoms with E-state index in [9.17, 15) is 17.6 Å². The molecule has 0 radical (unpaired) electrons. The molecular formula is C23H25FN4O3S. The number of nitrogens with zero attached hydrogens (tertiary/aromatic N) is 4. The van der Waals surface area contributed by atoms with E-state index in [1.165, 1.54) is 16.4 Å². The molecule has 0 unspecified atom stereocenters. The Morgan fingerprint density at radius 2 is 1.62 bits per heavy atom. The number of halogens is 1. The average Bonchev–Trinajstić information content (AvgIpc) is 3.25. The third-order valence-corrected chi connectivity index (χ3v) is 7.92. The number of sulfonamides is 1. The summed E-state index contributed by atoms with van der Waals surface area (Å²) in [5, 5.41) is 8.96. The van der Waals surface area contributed by atoms with Gasteiger partial charge in [-0.05, 0) is 61.7 Å². The highest BCUT2D eigenvalue weighted by atomic mass is 32.2. The van der Waals surface area contributed by atoms with Crippen molar-refractivity contribution in [3.63, 3.8) is 0 Å². The number of hydrogen-bond acceptors (Lipinski definition) is 5. The normalized spacial score (nSPS) is 17.8. The second-order valence-corrected chi connectivity index (χ2v) is 9.95. The number of benzene rings is 2. The van der Waals surface area contributed by atoms with Crippen LogP contribution in [0.25, 0.3) is 0 Å². The second kappa shape index (κ2) is 9.27. The number of carbonyl (C=O) groups excluding carboxylic acids is 1. The monoisotopic (exact) mass is 456 g/mol. The van der Waals surface area contributed by atoms with Crippen molar-refractivity contribution in [3.05, 3.63) is 59.4 Å². The molecule has 2 heterocycles. The van der Waals surface area contributed by atoms with Gasteiger partial charge in [0.25, 0.3) is 5.91 Å². The third-order valence-electron chi connectivity index (χ3n) is 6.01. The van der Waals surface area contributed by atoms with Gasteiger partial charge in [-0.2, -0.15) is 9.57 Å². The molecule has 0 aromatic heterocycles. The fourth-order valence-electron chi connectivity index (χ4n) is 4.21. The van der Waals surface area contributed by atoms with Gasteiger partial charge in [-0.1, -0.05) is 0 Å². The van der Waals surface area contributed by atoms with Crippen molar-refractivity contribution < 1.29 is 17.6 Å². The highest BCUT2D eigenvalue weighted by molar-refractivity contribution is 7.89. The van der Waals surface area contributed by atoms with Crippen LogP contribution in [0.15, 0.2) is 47.4 Å². The number of rotatable bonds is 4. The summed E-state index contributed by atoms with van der Waals surface area (Å²) in [6.45, 7) is 3.10. The van der Waals surface area contributed by atoms with Crippen molar-refractivity contribution in [1.29, 1.82) is 5.26 Å². The minimum absolute atomic E-state index is 0.177. The summed E-state index contributed by atoms with van der Waals surface area (Å²) in [5.74, 6) is -1.14. The van der Waals surface area contributed by atoms with Crippen molar-refractivity contribution in [2.45, 2.75) is 24.2 Å². The van der Waals surface area contributed by atoms with E-state index in [0.29, 0.717) is 38.3 Å². The Labute approximate surface area is 187 Å². The zero-order valence-electron chi connectivity index (χ0n) is 17.7. The Morgan fingerprint density at radius 1 is 0.906 bits per heavy atom. The molecule has 1 amide bonds. The highest BCUT2D eigenvalue weighted by Gasteiger charge is 2.31. The molecular weight excluding hydrogens is 431 g/mol. The molecule has 2 aliphatic rings. The van der Waals surface area contributed by atoms with Gasteiger partial charge >= 0.3 is 0 Å². The first kappa shape index (κ1) is 22.2. The average molecular weight is 457 g/mol. The van der Waals surface area contributed by atoms with Crippen molar-refractivity contribution in [1.82, 2.24) is 9.21 Å². The first-order valence-corrected chi connectivity index (χ1v) is 12.2. The van der Waals surface area contributed by atoms with Gasteiger partial charge < -0.3 is 9.80 Å². The van der Waals surface area contributed by atoms with Crippen molar-refractivity contribution in [2.75, 3.05) is 44.2 Å². The van der Waals surface area contributed by atoms with Gasteiger partial charge in [-0.15, -0.1) is 0 Å². The Hall–Kier alpha value is -2.96. The molecule has 0 spiro atoms. The number of hydrogen-bond donors (Lipinski definition) is 0. The van der Waals surface area contributed by atoms with Crippen LogP contribution in [0.4, 0.5) is 10.1 Å². The van der Waals surface area contributed by atoms with Gasteiger partial charge in [0.2, 0.25) is 10.0 Å². The number of anilines is 1. The molecule has 2 aromatic rings. The standard InChI is InChI=1S/C23H25FN4O3S/c24-21-9-6-19(16-22(21)32(30,31)28-12-1-2-13-28)23(29)27-11-3-10-26(14-15-27)20-7-4-18(17-25)5-8-20/h4-9,16H,1-3,10-15H2. The lowest BCUT2D eigenvalue weighted by Gasteiger charge is -2.24. The molecule has 0 bridgehead atoms. The molecule has 0 atom stereocenters. The molecule has 0 aliphatic carbocycles. The predicted octanol–water partition coefficient (Wildman–Crippen LogP) is 2.83. The summed E-state index contributed by atoms with van der Waals surface area (Å²) in [6.07, 6.45) is 2.25. The lowest BCUT2D eigenvalue weighted by atomic mass is 10.2. The third kappa shape index (κ3) is 4.47. The SMILES string of the molecule is N#Cc1ccc(N2CCCN(C(=O)c3ccc(F)c(S(=O)(=O)N4CCCC4)c3)CC2)cc1. The maximum Gasteiger partial charge on any atom is 0.253 e. The fourth-order valence-corrected chi connectivity index (χ4v) is 5.82. The van der Waals surface area contributed by atoms with Gasteiger partial charge in [0.15, 0.2) is 0 Å². The first-order chi connectivity index (χ1) is 15.4. The molecule has 4 rings (SSSR count). The molecule has 32 heavy (non-hydrogen) atoms. The molecule has 0 N–H and O–H groups in total. The van der Waals surface area contributed by atoms with E-state index in [4.69, 9.17) is 5.26 Å². The molecule has 9 heteroatoms. The number of nitriles is 1. The van der Waals surface area contributed by atoms with Crippen LogP contribution in [0.2, 0.25) is 0 Å². The minimum atomic E-state index is -3.96. The van der Waals surface area contributed by atoms with E-state index in [1.54, 1.807) is 17.0 Å². The van der Waals surface area contributed by atoms with Crippen molar-refractivity contribution in [3.8, 4) is 6.07 Å². The van der Waals surface area contributed by atoms with Crippen LogP contribution >= 0.6 is 0 Å². The molecule has 2 aliphatic heterocycles. The van der Waals surface area contributed by atoms with E-state index in [2.05, 4.69) is 11.0 Å². The van der Waals surface area contributed by atoms with Gasteiger partial charge in [0, 0.05) is 50.5 Å². The van der Waals surface area contributed by atoms with Crippen LogP contribution < -0.4 is 4.90 Å². The summed E-state index contributed by atoms with van der Waals surface area (Å²) in [5.41, 5.74) is 1.76. The molecule has 2 fully saturated rings. The first-order valence-electron chi connectivity index (χ1n) is 10.7. The van der Waals surface area contributed by atoms with Gasteiger partial charge in [-0.3, -0.25) is 4.79 Å². The maximum absolute atomic E-state index is 14.4.